The van der Waals surface area contributed by atoms with E-state index in [2.05, 4.69) is 5.32 Å². The van der Waals surface area contributed by atoms with Crippen molar-refractivity contribution in [2.45, 2.75) is 18.9 Å². The van der Waals surface area contributed by atoms with E-state index in [0.717, 1.165) is 12.8 Å². The van der Waals surface area contributed by atoms with Crippen LogP contribution in [0.15, 0.2) is 41.1 Å². The topological polar surface area (TPSA) is 49.4 Å². The molecule has 23 heavy (non-hydrogen) atoms. The highest BCUT2D eigenvalue weighted by Crippen LogP contribution is 2.17. The minimum Gasteiger partial charge on any atom is -0.349 e. The molecule has 0 unspecified atom stereocenters. The van der Waals surface area contributed by atoms with Crippen LogP contribution in [0.4, 0.5) is 0 Å². The maximum atomic E-state index is 12.4. The van der Waals surface area contributed by atoms with Crippen LogP contribution >= 0.6 is 22.9 Å². The SMILES string of the molecule is O=C(NC1CCN(C(=O)c2ccc(Cl)cc2)CC1)c1ccsc1. The fraction of sp³-hybridized carbons (Fsp3) is 0.294. The summed E-state index contributed by atoms with van der Waals surface area (Å²) in [4.78, 5) is 26.3. The fourth-order valence-electron chi connectivity index (χ4n) is 2.66. The van der Waals surface area contributed by atoms with Gasteiger partial charge in [-0.15, -0.1) is 0 Å². The summed E-state index contributed by atoms with van der Waals surface area (Å²) in [5, 5.41) is 7.39. The number of rotatable bonds is 3. The van der Waals surface area contributed by atoms with Crippen molar-refractivity contribution in [3.63, 3.8) is 0 Å². The minimum absolute atomic E-state index is 0.0178. The third-order valence-corrected chi connectivity index (χ3v) is 4.93. The Kier molecular flexibility index (Phi) is 4.98. The second-order valence-electron chi connectivity index (χ2n) is 5.56. The van der Waals surface area contributed by atoms with Gasteiger partial charge in [0.15, 0.2) is 0 Å². The van der Waals surface area contributed by atoms with Crippen molar-refractivity contribution < 1.29 is 9.59 Å². The van der Waals surface area contributed by atoms with Crippen molar-refractivity contribution in [2.75, 3.05) is 13.1 Å². The van der Waals surface area contributed by atoms with E-state index in [-0.39, 0.29) is 17.9 Å². The van der Waals surface area contributed by atoms with E-state index in [1.807, 2.05) is 21.7 Å². The van der Waals surface area contributed by atoms with E-state index in [9.17, 15) is 9.59 Å². The summed E-state index contributed by atoms with van der Waals surface area (Å²) < 4.78 is 0. The predicted octanol–water partition coefficient (Wildman–Crippen LogP) is 3.44. The largest absolute Gasteiger partial charge is 0.349 e. The summed E-state index contributed by atoms with van der Waals surface area (Å²) in [7, 11) is 0. The van der Waals surface area contributed by atoms with E-state index < -0.39 is 0 Å². The van der Waals surface area contributed by atoms with Gasteiger partial charge in [-0.25, -0.2) is 0 Å². The van der Waals surface area contributed by atoms with E-state index in [1.54, 1.807) is 24.3 Å². The number of halogens is 1. The molecule has 2 heterocycles. The van der Waals surface area contributed by atoms with Crippen molar-refractivity contribution in [3.8, 4) is 0 Å². The van der Waals surface area contributed by atoms with Gasteiger partial charge in [0.25, 0.3) is 11.8 Å². The average molecular weight is 349 g/mol. The summed E-state index contributed by atoms with van der Waals surface area (Å²) >= 11 is 7.36. The standard InChI is InChI=1S/C17H17ClN2O2S/c18-14-3-1-12(2-4-14)17(22)20-8-5-15(6-9-20)19-16(21)13-7-10-23-11-13/h1-4,7,10-11,15H,5-6,8-9H2,(H,19,21). The number of amides is 2. The molecular weight excluding hydrogens is 332 g/mol. The lowest BCUT2D eigenvalue weighted by Gasteiger charge is -2.32. The lowest BCUT2D eigenvalue weighted by Crippen LogP contribution is -2.46. The molecular formula is C17H17ClN2O2S. The Bertz CT molecular complexity index is 677. The molecule has 1 N–H and O–H groups in total. The van der Waals surface area contributed by atoms with Crippen LogP contribution in [0, 0.1) is 0 Å². The van der Waals surface area contributed by atoms with E-state index in [0.29, 0.717) is 29.2 Å². The summed E-state index contributed by atoms with van der Waals surface area (Å²) in [6, 6.07) is 8.88. The maximum absolute atomic E-state index is 12.4. The third kappa shape index (κ3) is 3.92. The number of nitrogens with zero attached hydrogens (tertiary/aromatic N) is 1. The number of thiophene rings is 1. The quantitative estimate of drug-likeness (QED) is 0.923. The van der Waals surface area contributed by atoms with E-state index in [1.165, 1.54) is 11.3 Å². The number of likely N-dealkylation sites (tertiary alicyclic amines) is 1. The highest BCUT2D eigenvalue weighted by Gasteiger charge is 2.24. The molecule has 1 fully saturated rings. The zero-order chi connectivity index (χ0) is 16.2. The molecule has 0 atom stereocenters. The zero-order valence-corrected chi connectivity index (χ0v) is 14.1. The van der Waals surface area contributed by atoms with Crippen LogP contribution in [0.5, 0.6) is 0 Å². The minimum atomic E-state index is -0.0336. The Morgan fingerprint density at radius 3 is 2.39 bits per heavy atom. The van der Waals surface area contributed by atoms with Crippen molar-refractivity contribution in [1.82, 2.24) is 10.2 Å². The molecule has 1 aliphatic rings. The molecule has 2 amide bonds. The Morgan fingerprint density at radius 2 is 1.78 bits per heavy atom. The van der Waals surface area contributed by atoms with Gasteiger partial charge in [0, 0.05) is 40.7 Å². The Balaban J connectivity index is 1.53. The van der Waals surface area contributed by atoms with Gasteiger partial charge in [-0.05, 0) is 48.6 Å². The molecule has 0 bridgehead atoms. The van der Waals surface area contributed by atoms with Crippen LogP contribution in [0.3, 0.4) is 0 Å². The van der Waals surface area contributed by atoms with Gasteiger partial charge in [0.2, 0.25) is 0 Å². The van der Waals surface area contributed by atoms with Gasteiger partial charge < -0.3 is 10.2 Å². The molecule has 6 heteroatoms. The molecule has 0 saturated carbocycles. The summed E-state index contributed by atoms with van der Waals surface area (Å²) in [6.45, 7) is 1.30. The van der Waals surface area contributed by atoms with Gasteiger partial charge in [0.1, 0.15) is 0 Å². The first-order chi connectivity index (χ1) is 11.1. The zero-order valence-electron chi connectivity index (χ0n) is 12.5. The van der Waals surface area contributed by atoms with Crippen molar-refractivity contribution >= 4 is 34.8 Å². The van der Waals surface area contributed by atoms with E-state index >= 15 is 0 Å². The number of benzene rings is 1. The molecule has 0 radical (unpaired) electrons. The number of nitrogens with one attached hydrogen (secondary N) is 1. The molecule has 0 spiro atoms. The highest BCUT2D eigenvalue weighted by molar-refractivity contribution is 7.08. The molecule has 0 aliphatic carbocycles. The van der Waals surface area contributed by atoms with Gasteiger partial charge >= 0.3 is 0 Å². The molecule has 1 aliphatic heterocycles. The second kappa shape index (κ2) is 7.15. The first-order valence-corrected chi connectivity index (χ1v) is 8.83. The first kappa shape index (κ1) is 16.0. The smallest absolute Gasteiger partial charge is 0.253 e. The summed E-state index contributed by atoms with van der Waals surface area (Å²) in [6.07, 6.45) is 1.55. The van der Waals surface area contributed by atoms with Crippen LogP contribution in [0.2, 0.25) is 5.02 Å². The molecule has 120 valence electrons. The van der Waals surface area contributed by atoms with Gasteiger partial charge in [-0.1, -0.05) is 11.6 Å². The van der Waals surface area contributed by atoms with Crippen molar-refractivity contribution in [3.05, 3.63) is 57.2 Å². The molecule has 3 rings (SSSR count). The number of carbonyl (C=O) groups excluding carboxylic acids is 2. The highest BCUT2D eigenvalue weighted by atomic mass is 35.5. The van der Waals surface area contributed by atoms with Crippen LogP contribution < -0.4 is 5.32 Å². The summed E-state index contributed by atoms with van der Waals surface area (Å²) in [5.74, 6) is -0.0157. The predicted molar refractivity (Wildman–Crippen MR) is 92.2 cm³/mol. The summed E-state index contributed by atoms with van der Waals surface area (Å²) in [5.41, 5.74) is 1.35. The number of hydrogen-bond acceptors (Lipinski definition) is 3. The van der Waals surface area contributed by atoms with Crippen molar-refractivity contribution in [2.24, 2.45) is 0 Å². The Labute approximate surface area is 144 Å². The lowest BCUT2D eigenvalue weighted by molar-refractivity contribution is 0.0698. The number of hydrogen-bond donors (Lipinski definition) is 1. The molecule has 4 nitrogen and oxygen atoms in total. The maximum Gasteiger partial charge on any atom is 0.253 e. The van der Waals surface area contributed by atoms with Crippen LogP contribution in [0.1, 0.15) is 33.6 Å². The first-order valence-electron chi connectivity index (χ1n) is 7.51. The van der Waals surface area contributed by atoms with Gasteiger partial charge in [0.05, 0.1) is 0 Å². The van der Waals surface area contributed by atoms with Crippen LogP contribution in [-0.4, -0.2) is 35.8 Å². The molecule has 1 aromatic heterocycles. The third-order valence-electron chi connectivity index (χ3n) is 3.99. The average Bonchev–Trinajstić information content (AvgIpc) is 3.10. The lowest BCUT2D eigenvalue weighted by atomic mass is 10.0. The van der Waals surface area contributed by atoms with Crippen LogP contribution in [0.25, 0.3) is 0 Å². The number of carbonyl (C=O) groups is 2. The Morgan fingerprint density at radius 1 is 1.09 bits per heavy atom. The van der Waals surface area contributed by atoms with Crippen molar-refractivity contribution in [1.29, 1.82) is 0 Å². The van der Waals surface area contributed by atoms with Crippen LogP contribution in [-0.2, 0) is 0 Å². The Hall–Kier alpha value is -1.85. The molecule has 1 aromatic carbocycles. The normalized spacial score (nSPS) is 15.4. The fourth-order valence-corrected chi connectivity index (χ4v) is 3.43. The van der Waals surface area contributed by atoms with E-state index in [4.69, 9.17) is 11.6 Å². The number of piperidine rings is 1. The monoisotopic (exact) mass is 348 g/mol. The van der Waals surface area contributed by atoms with Gasteiger partial charge in [-0.2, -0.15) is 11.3 Å². The van der Waals surface area contributed by atoms with Gasteiger partial charge in [-0.3, -0.25) is 9.59 Å². The molecule has 1 saturated heterocycles. The second-order valence-corrected chi connectivity index (χ2v) is 6.78. The molecule has 2 aromatic rings.